The van der Waals surface area contributed by atoms with E-state index in [0.29, 0.717) is 12.1 Å². The molecule has 1 amide bonds. The van der Waals surface area contributed by atoms with Gasteiger partial charge >= 0.3 is 0 Å². The first-order chi connectivity index (χ1) is 12.9. The number of nitrogens with one attached hydrogen (secondary N) is 1. The molecule has 0 saturated heterocycles. The second-order valence-corrected chi connectivity index (χ2v) is 6.25. The molecule has 2 aromatic heterocycles. The van der Waals surface area contributed by atoms with Crippen molar-refractivity contribution >= 4 is 34.1 Å². The fourth-order valence-corrected chi connectivity index (χ4v) is 2.64. The van der Waals surface area contributed by atoms with Crippen LogP contribution in [0.15, 0.2) is 42.6 Å². The number of rotatable bonds is 6. The van der Waals surface area contributed by atoms with E-state index in [4.69, 9.17) is 11.6 Å². The van der Waals surface area contributed by atoms with E-state index in [2.05, 4.69) is 15.3 Å². The highest BCUT2D eigenvalue weighted by atomic mass is 19.1. The van der Waals surface area contributed by atoms with Gasteiger partial charge in [0.2, 0.25) is 0 Å². The van der Waals surface area contributed by atoms with Gasteiger partial charge in [0.1, 0.15) is 5.82 Å². The Morgan fingerprint density at radius 1 is 1.33 bits per heavy atom. The van der Waals surface area contributed by atoms with Crippen molar-refractivity contribution < 1.29 is 9.18 Å². The molecule has 0 saturated carbocycles. The van der Waals surface area contributed by atoms with Crippen LogP contribution in [0.1, 0.15) is 30.6 Å². The lowest BCUT2D eigenvalue weighted by atomic mass is 10.1. The Bertz CT molecular complexity index is 993. The number of halogens is 1. The summed E-state index contributed by atoms with van der Waals surface area (Å²) in [5.41, 5.74) is 6.84. The predicted molar refractivity (Wildman–Crippen MR) is 104 cm³/mol. The Morgan fingerprint density at radius 3 is 2.81 bits per heavy atom. The second-order valence-electron chi connectivity index (χ2n) is 6.25. The van der Waals surface area contributed by atoms with Crippen molar-refractivity contribution in [3.05, 3.63) is 54.0 Å². The van der Waals surface area contributed by atoms with Crippen LogP contribution in [-0.2, 0) is 0 Å². The average Bonchev–Trinajstić information content (AvgIpc) is 2.67. The number of nitrogens with two attached hydrogens (primary N) is 2. The van der Waals surface area contributed by atoms with E-state index in [-0.39, 0.29) is 23.2 Å². The number of amides is 1. The molecular weight excluding hydrogens is 347 g/mol. The molecule has 7 nitrogen and oxygen atoms in total. The average molecular weight is 368 g/mol. The molecule has 0 aliphatic rings. The van der Waals surface area contributed by atoms with Crippen LogP contribution in [0, 0.1) is 5.82 Å². The number of primary amides is 1. The fraction of sp³-hybridized carbons (Fsp3) is 0.211. The minimum Gasteiger partial charge on any atom is -0.365 e. The van der Waals surface area contributed by atoms with E-state index >= 15 is 0 Å². The lowest BCUT2D eigenvalue weighted by molar-refractivity contribution is 0.100. The van der Waals surface area contributed by atoms with E-state index in [0.717, 1.165) is 17.0 Å². The number of hydrazine groups is 1. The summed E-state index contributed by atoms with van der Waals surface area (Å²) in [4.78, 5) is 20.3. The molecule has 2 heterocycles. The molecule has 0 radical (unpaired) electrons. The summed E-state index contributed by atoms with van der Waals surface area (Å²) in [7, 11) is 0. The molecule has 0 spiro atoms. The van der Waals surface area contributed by atoms with Crippen LogP contribution in [-0.4, -0.2) is 21.9 Å². The highest BCUT2D eigenvalue weighted by molar-refractivity contribution is 5.99. The molecule has 8 heteroatoms. The van der Waals surface area contributed by atoms with Crippen LogP contribution in [0.2, 0.25) is 0 Å². The van der Waals surface area contributed by atoms with Gasteiger partial charge in [0, 0.05) is 23.3 Å². The number of pyridine rings is 2. The SMILES string of the molecule is CCC(C)N(N)c1nc(Nc2ccc3ncccc3c2)c(C(N)=O)cc1F. The molecule has 0 aliphatic heterocycles. The van der Waals surface area contributed by atoms with Crippen LogP contribution in [0.25, 0.3) is 10.9 Å². The molecule has 3 aromatic rings. The number of anilines is 3. The summed E-state index contributed by atoms with van der Waals surface area (Å²) in [6, 6.07) is 10.1. The molecule has 1 atom stereocenters. The number of hydrogen-bond acceptors (Lipinski definition) is 6. The number of hydrogen-bond donors (Lipinski definition) is 3. The van der Waals surface area contributed by atoms with Gasteiger partial charge < -0.3 is 11.1 Å². The molecule has 27 heavy (non-hydrogen) atoms. The zero-order chi connectivity index (χ0) is 19.6. The molecule has 140 valence electrons. The second kappa shape index (κ2) is 7.55. The van der Waals surface area contributed by atoms with Gasteiger partial charge in [0.15, 0.2) is 11.6 Å². The quantitative estimate of drug-likeness (QED) is 0.455. The van der Waals surface area contributed by atoms with E-state index < -0.39 is 11.7 Å². The minimum atomic E-state index is -0.787. The third-order valence-corrected chi connectivity index (χ3v) is 4.40. The maximum Gasteiger partial charge on any atom is 0.252 e. The van der Waals surface area contributed by atoms with Crippen molar-refractivity contribution in [2.24, 2.45) is 11.6 Å². The zero-order valence-corrected chi connectivity index (χ0v) is 15.1. The van der Waals surface area contributed by atoms with Crippen molar-refractivity contribution in [3.63, 3.8) is 0 Å². The van der Waals surface area contributed by atoms with Crippen molar-refractivity contribution in [3.8, 4) is 0 Å². The third-order valence-electron chi connectivity index (χ3n) is 4.40. The first-order valence-electron chi connectivity index (χ1n) is 8.56. The zero-order valence-electron chi connectivity index (χ0n) is 15.1. The maximum absolute atomic E-state index is 14.5. The van der Waals surface area contributed by atoms with Gasteiger partial charge in [-0.25, -0.2) is 15.2 Å². The molecule has 1 unspecified atom stereocenters. The van der Waals surface area contributed by atoms with Crippen LogP contribution in [0.3, 0.4) is 0 Å². The van der Waals surface area contributed by atoms with Gasteiger partial charge in [-0.1, -0.05) is 13.0 Å². The lowest BCUT2D eigenvalue weighted by Crippen LogP contribution is -2.40. The van der Waals surface area contributed by atoms with Crippen molar-refractivity contribution in [2.45, 2.75) is 26.3 Å². The number of carbonyl (C=O) groups is 1. The van der Waals surface area contributed by atoms with E-state index in [1.807, 2.05) is 38.1 Å². The molecule has 1 aromatic carbocycles. The van der Waals surface area contributed by atoms with Crippen LogP contribution in [0.5, 0.6) is 0 Å². The summed E-state index contributed by atoms with van der Waals surface area (Å²) in [6.45, 7) is 3.79. The summed E-state index contributed by atoms with van der Waals surface area (Å²) in [5.74, 6) is 4.58. The fourth-order valence-electron chi connectivity index (χ4n) is 2.64. The standard InChI is InChI=1S/C19H21FN6O/c1-3-11(2)26(22)19-15(20)10-14(17(21)27)18(25-19)24-13-6-7-16-12(9-13)5-4-8-23-16/h4-11H,3,22H2,1-2H3,(H2,21,27)(H,24,25). The van der Waals surface area contributed by atoms with Gasteiger partial charge in [-0.15, -0.1) is 0 Å². The van der Waals surface area contributed by atoms with Gasteiger partial charge in [0.25, 0.3) is 5.91 Å². The van der Waals surface area contributed by atoms with Gasteiger partial charge in [0.05, 0.1) is 11.1 Å². The monoisotopic (exact) mass is 368 g/mol. The number of nitrogens with zero attached hydrogens (tertiary/aromatic N) is 3. The Kier molecular flexibility index (Phi) is 5.18. The first kappa shape index (κ1) is 18.5. The van der Waals surface area contributed by atoms with Crippen molar-refractivity contribution in [1.82, 2.24) is 9.97 Å². The Labute approximate surface area is 156 Å². The van der Waals surface area contributed by atoms with Crippen LogP contribution >= 0.6 is 0 Å². The Morgan fingerprint density at radius 2 is 2.11 bits per heavy atom. The molecule has 0 bridgehead atoms. The Balaban J connectivity index is 2.04. The number of aromatic nitrogens is 2. The summed E-state index contributed by atoms with van der Waals surface area (Å²) in [6.07, 6.45) is 2.41. The third kappa shape index (κ3) is 3.80. The summed E-state index contributed by atoms with van der Waals surface area (Å²) in [5, 5.41) is 5.19. The van der Waals surface area contributed by atoms with E-state index in [1.165, 1.54) is 5.01 Å². The lowest BCUT2D eigenvalue weighted by Gasteiger charge is -2.25. The van der Waals surface area contributed by atoms with Gasteiger partial charge in [-0.3, -0.25) is 14.8 Å². The number of fused-ring (bicyclic) bond motifs is 1. The van der Waals surface area contributed by atoms with Gasteiger partial charge in [-0.05, 0) is 43.7 Å². The van der Waals surface area contributed by atoms with Gasteiger partial charge in [-0.2, -0.15) is 0 Å². The minimum absolute atomic E-state index is 0.0555. The molecule has 3 rings (SSSR count). The van der Waals surface area contributed by atoms with Crippen LogP contribution in [0.4, 0.5) is 21.7 Å². The summed E-state index contributed by atoms with van der Waals surface area (Å²) >= 11 is 0. The highest BCUT2D eigenvalue weighted by Gasteiger charge is 2.21. The molecule has 5 N–H and O–H groups in total. The molecular formula is C19H21FN6O. The van der Waals surface area contributed by atoms with Crippen molar-refractivity contribution in [1.29, 1.82) is 0 Å². The molecule has 0 fully saturated rings. The summed E-state index contributed by atoms with van der Waals surface area (Å²) < 4.78 is 14.5. The number of benzene rings is 1. The smallest absolute Gasteiger partial charge is 0.252 e. The topological polar surface area (TPSA) is 110 Å². The Hall–Kier alpha value is -3.26. The maximum atomic E-state index is 14.5. The van der Waals surface area contributed by atoms with Crippen LogP contribution < -0.4 is 21.9 Å². The van der Waals surface area contributed by atoms with Crippen molar-refractivity contribution in [2.75, 3.05) is 10.3 Å². The van der Waals surface area contributed by atoms with E-state index in [1.54, 1.807) is 12.3 Å². The number of carbonyl (C=O) groups excluding carboxylic acids is 1. The molecule has 0 aliphatic carbocycles. The highest BCUT2D eigenvalue weighted by Crippen LogP contribution is 2.27. The predicted octanol–water partition coefficient (Wildman–Crippen LogP) is 3.09. The largest absolute Gasteiger partial charge is 0.365 e. The first-order valence-corrected chi connectivity index (χ1v) is 8.56. The normalized spacial score (nSPS) is 12.0. The van der Waals surface area contributed by atoms with E-state index in [9.17, 15) is 9.18 Å².